The van der Waals surface area contributed by atoms with E-state index in [1.807, 2.05) is 31.2 Å². The van der Waals surface area contributed by atoms with Crippen molar-refractivity contribution in [3.05, 3.63) is 24.3 Å². The van der Waals surface area contributed by atoms with Crippen LogP contribution < -0.4 is 5.01 Å². The Kier molecular flexibility index (Phi) is 4.13. The number of hydrogen-bond acceptors (Lipinski definition) is 4. The van der Waals surface area contributed by atoms with Crippen molar-refractivity contribution < 1.29 is 8.42 Å². The zero-order valence-corrected chi connectivity index (χ0v) is 11.7. The van der Waals surface area contributed by atoms with Crippen LogP contribution in [0.25, 0.3) is 0 Å². The first-order chi connectivity index (χ1) is 7.76. The molecule has 0 bridgehead atoms. The van der Waals surface area contributed by atoms with Gasteiger partial charge in [0.25, 0.3) is 0 Å². The van der Waals surface area contributed by atoms with Crippen molar-refractivity contribution in [3.63, 3.8) is 0 Å². The summed E-state index contributed by atoms with van der Waals surface area (Å²) in [6.07, 6.45) is 0. The lowest BCUT2D eigenvalue weighted by Crippen LogP contribution is -2.32. The SMILES string of the molecule is CN(C)N(C)c1ccc(S(=O)(=O)N(C)C)cc1. The zero-order chi connectivity index (χ0) is 13.2. The topological polar surface area (TPSA) is 43.9 Å². The average molecular weight is 257 g/mol. The fraction of sp³-hybridized carbons (Fsp3) is 0.455. The highest BCUT2D eigenvalue weighted by atomic mass is 32.2. The second kappa shape index (κ2) is 5.03. The number of hydrazine groups is 1. The van der Waals surface area contributed by atoms with E-state index in [0.717, 1.165) is 5.69 Å². The van der Waals surface area contributed by atoms with Crippen LogP contribution in [0.1, 0.15) is 0 Å². The van der Waals surface area contributed by atoms with E-state index >= 15 is 0 Å². The summed E-state index contributed by atoms with van der Waals surface area (Å²) in [7, 11) is 5.46. The Morgan fingerprint density at radius 1 is 0.882 bits per heavy atom. The third kappa shape index (κ3) is 2.96. The minimum absolute atomic E-state index is 0.304. The second-order valence-corrected chi connectivity index (χ2v) is 6.30. The van der Waals surface area contributed by atoms with E-state index in [2.05, 4.69) is 0 Å². The van der Waals surface area contributed by atoms with E-state index in [1.165, 1.54) is 18.4 Å². The Hall–Kier alpha value is -1.11. The standard InChI is InChI=1S/C11H19N3O2S/c1-12(2)14(5)10-6-8-11(9-7-10)17(15,16)13(3)4/h6-9H,1-5H3. The number of benzene rings is 1. The van der Waals surface area contributed by atoms with Gasteiger partial charge in [-0.3, -0.25) is 0 Å². The van der Waals surface area contributed by atoms with Gasteiger partial charge in [0, 0.05) is 35.2 Å². The molecule has 0 aliphatic carbocycles. The monoisotopic (exact) mass is 257 g/mol. The molecule has 1 aromatic rings. The normalized spacial score (nSPS) is 12.2. The van der Waals surface area contributed by atoms with Gasteiger partial charge < -0.3 is 5.01 Å². The minimum Gasteiger partial charge on any atom is -0.309 e. The fourth-order valence-electron chi connectivity index (χ4n) is 1.28. The molecule has 0 radical (unpaired) electrons. The molecule has 0 saturated heterocycles. The molecule has 0 unspecified atom stereocenters. The fourth-order valence-corrected chi connectivity index (χ4v) is 2.18. The maximum absolute atomic E-state index is 11.8. The van der Waals surface area contributed by atoms with Gasteiger partial charge in [-0.2, -0.15) is 0 Å². The van der Waals surface area contributed by atoms with Crippen molar-refractivity contribution in [2.75, 3.05) is 40.2 Å². The molecule has 1 rings (SSSR count). The van der Waals surface area contributed by atoms with Crippen molar-refractivity contribution in [3.8, 4) is 0 Å². The van der Waals surface area contributed by atoms with Crippen molar-refractivity contribution >= 4 is 15.7 Å². The van der Waals surface area contributed by atoms with Crippen LogP contribution in [0.2, 0.25) is 0 Å². The van der Waals surface area contributed by atoms with Gasteiger partial charge in [0.15, 0.2) is 0 Å². The van der Waals surface area contributed by atoms with Gasteiger partial charge in [0.1, 0.15) is 0 Å². The molecule has 0 saturated carbocycles. The van der Waals surface area contributed by atoms with Crippen LogP contribution in [-0.2, 0) is 10.0 Å². The third-order valence-electron chi connectivity index (χ3n) is 2.59. The predicted octanol–water partition coefficient (Wildman–Crippen LogP) is 0.850. The summed E-state index contributed by atoms with van der Waals surface area (Å²) in [5.74, 6) is 0. The highest BCUT2D eigenvalue weighted by molar-refractivity contribution is 7.89. The molecule has 0 fully saturated rings. The lowest BCUT2D eigenvalue weighted by molar-refractivity contribution is 0.397. The van der Waals surface area contributed by atoms with Gasteiger partial charge in [0.05, 0.1) is 10.6 Å². The molecular weight excluding hydrogens is 238 g/mol. The van der Waals surface area contributed by atoms with E-state index in [9.17, 15) is 8.42 Å². The quantitative estimate of drug-likeness (QED) is 0.750. The molecule has 0 amide bonds. The van der Waals surface area contributed by atoms with Crippen LogP contribution in [0, 0.1) is 0 Å². The van der Waals surface area contributed by atoms with Crippen LogP contribution in [0.3, 0.4) is 0 Å². The molecule has 17 heavy (non-hydrogen) atoms. The highest BCUT2D eigenvalue weighted by Crippen LogP contribution is 2.19. The summed E-state index contributed by atoms with van der Waals surface area (Å²) >= 11 is 0. The Bertz CT molecular complexity index is 466. The molecule has 0 heterocycles. The number of sulfonamides is 1. The van der Waals surface area contributed by atoms with Crippen LogP contribution >= 0.6 is 0 Å². The number of rotatable bonds is 4. The molecule has 0 aromatic heterocycles. The van der Waals surface area contributed by atoms with Crippen LogP contribution in [0.15, 0.2) is 29.2 Å². The van der Waals surface area contributed by atoms with Gasteiger partial charge in [-0.05, 0) is 24.3 Å². The Balaban J connectivity index is 3.05. The first kappa shape index (κ1) is 14.0. The molecule has 5 nitrogen and oxygen atoms in total. The van der Waals surface area contributed by atoms with Gasteiger partial charge in [-0.15, -0.1) is 0 Å². The maximum atomic E-state index is 11.8. The highest BCUT2D eigenvalue weighted by Gasteiger charge is 2.16. The smallest absolute Gasteiger partial charge is 0.242 e. The molecule has 6 heteroatoms. The van der Waals surface area contributed by atoms with Crippen LogP contribution in [0.5, 0.6) is 0 Å². The Morgan fingerprint density at radius 3 is 1.71 bits per heavy atom. The lowest BCUT2D eigenvalue weighted by atomic mass is 10.3. The van der Waals surface area contributed by atoms with Crippen molar-refractivity contribution in [1.82, 2.24) is 9.31 Å². The molecule has 1 aromatic carbocycles. The number of hydrogen-bond donors (Lipinski definition) is 0. The Morgan fingerprint density at radius 2 is 1.35 bits per heavy atom. The predicted molar refractivity (Wildman–Crippen MR) is 69.4 cm³/mol. The Labute approximate surface area is 103 Å². The maximum Gasteiger partial charge on any atom is 0.242 e. The minimum atomic E-state index is -3.34. The van der Waals surface area contributed by atoms with Crippen LogP contribution in [-0.4, -0.2) is 53.0 Å². The lowest BCUT2D eigenvalue weighted by Gasteiger charge is -2.26. The molecule has 0 N–H and O–H groups in total. The largest absolute Gasteiger partial charge is 0.309 e. The van der Waals surface area contributed by atoms with E-state index < -0.39 is 10.0 Å². The molecule has 0 aliphatic heterocycles. The molecule has 0 aliphatic rings. The first-order valence-corrected chi connectivity index (χ1v) is 6.64. The van der Waals surface area contributed by atoms with Crippen molar-refractivity contribution in [2.24, 2.45) is 0 Å². The summed E-state index contributed by atoms with van der Waals surface area (Å²) in [5.41, 5.74) is 0.938. The summed E-state index contributed by atoms with van der Waals surface area (Å²) < 4.78 is 24.9. The first-order valence-electron chi connectivity index (χ1n) is 5.20. The van der Waals surface area contributed by atoms with Gasteiger partial charge in [-0.25, -0.2) is 17.7 Å². The van der Waals surface area contributed by atoms with E-state index in [1.54, 1.807) is 24.3 Å². The van der Waals surface area contributed by atoms with Gasteiger partial charge in [-0.1, -0.05) is 0 Å². The van der Waals surface area contributed by atoms with Crippen LogP contribution in [0.4, 0.5) is 5.69 Å². The molecule has 96 valence electrons. The summed E-state index contributed by atoms with van der Waals surface area (Å²) in [5, 5.41) is 3.83. The molecular formula is C11H19N3O2S. The van der Waals surface area contributed by atoms with Gasteiger partial charge in [0.2, 0.25) is 10.0 Å². The van der Waals surface area contributed by atoms with Gasteiger partial charge >= 0.3 is 0 Å². The van der Waals surface area contributed by atoms with E-state index in [0.29, 0.717) is 4.90 Å². The summed E-state index contributed by atoms with van der Waals surface area (Å²) in [6.45, 7) is 0. The number of anilines is 1. The van der Waals surface area contributed by atoms with E-state index in [-0.39, 0.29) is 0 Å². The molecule has 0 spiro atoms. The second-order valence-electron chi connectivity index (χ2n) is 4.15. The zero-order valence-electron chi connectivity index (χ0n) is 10.9. The van der Waals surface area contributed by atoms with E-state index in [4.69, 9.17) is 0 Å². The molecule has 0 atom stereocenters. The summed E-state index contributed by atoms with van der Waals surface area (Å²) in [6, 6.07) is 6.81. The summed E-state index contributed by atoms with van der Waals surface area (Å²) in [4.78, 5) is 0.304. The van der Waals surface area contributed by atoms with Crippen molar-refractivity contribution in [2.45, 2.75) is 4.90 Å². The third-order valence-corrected chi connectivity index (χ3v) is 4.42. The average Bonchev–Trinajstić information content (AvgIpc) is 2.27. The van der Waals surface area contributed by atoms with Crippen molar-refractivity contribution in [1.29, 1.82) is 0 Å². The number of nitrogens with zero attached hydrogens (tertiary/aromatic N) is 3.